The molecule has 2 aromatic rings. The molecule has 0 atom stereocenters. The number of amides is 1. The van der Waals surface area contributed by atoms with Gasteiger partial charge in [-0.15, -0.1) is 5.10 Å². The van der Waals surface area contributed by atoms with Crippen molar-refractivity contribution in [3.8, 4) is 0 Å². The average molecular weight is 291 g/mol. The number of aromatic carboxylic acids is 1. The molecule has 9 heteroatoms. The molecule has 0 bridgehead atoms. The SMILES string of the molecule is Cn1ccc(C(=O)NCCn2cc(C(=O)O)nn2)cc1=O. The van der Waals surface area contributed by atoms with Crippen LogP contribution in [0, 0.1) is 0 Å². The Morgan fingerprint density at radius 2 is 2.19 bits per heavy atom. The van der Waals surface area contributed by atoms with Gasteiger partial charge in [0.15, 0.2) is 5.69 Å². The van der Waals surface area contributed by atoms with Crippen molar-refractivity contribution in [2.24, 2.45) is 7.05 Å². The van der Waals surface area contributed by atoms with Crippen LogP contribution in [0.15, 0.2) is 29.3 Å². The maximum absolute atomic E-state index is 11.8. The lowest BCUT2D eigenvalue weighted by molar-refractivity contribution is 0.0690. The van der Waals surface area contributed by atoms with E-state index in [9.17, 15) is 14.4 Å². The first-order valence-corrected chi connectivity index (χ1v) is 6.05. The lowest BCUT2D eigenvalue weighted by Gasteiger charge is -2.05. The van der Waals surface area contributed by atoms with Gasteiger partial charge in [-0.2, -0.15) is 0 Å². The normalized spacial score (nSPS) is 10.3. The van der Waals surface area contributed by atoms with E-state index in [0.717, 1.165) is 0 Å². The third-order valence-electron chi connectivity index (χ3n) is 2.75. The second kappa shape index (κ2) is 5.99. The lowest BCUT2D eigenvalue weighted by atomic mass is 10.2. The summed E-state index contributed by atoms with van der Waals surface area (Å²) in [4.78, 5) is 33.8. The summed E-state index contributed by atoms with van der Waals surface area (Å²) in [5, 5.41) is 18.4. The summed E-state index contributed by atoms with van der Waals surface area (Å²) >= 11 is 0. The molecule has 0 aromatic carbocycles. The van der Waals surface area contributed by atoms with Gasteiger partial charge in [0.05, 0.1) is 12.7 Å². The molecule has 0 unspecified atom stereocenters. The van der Waals surface area contributed by atoms with E-state index < -0.39 is 5.97 Å². The van der Waals surface area contributed by atoms with Crippen molar-refractivity contribution in [3.63, 3.8) is 0 Å². The number of hydrogen-bond acceptors (Lipinski definition) is 5. The monoisotopic (exact) mass is 291 g/mol. The third kappa shape index (κ3) is 3.53. The molecule has 0 fully saturated rings. The first-order chi connectivity index (χ1) is 9.97. The van der Waals surface area contributed by atoms with Gasteiger partial charge in [0.2, 0.25) is 0 Å². The van der Waals surface area contributed by atoms with Crippen molar-refractivity contribution >= 4 is 11.9 Å². The predicted octanol–water partition coefficient (Wildman–Crippen LogP) is -0.895. The highest BCUT2D eigenvalue weighted by atomic mass is 16.4. The molecule has 0 aliphatic heterocycles. The number of nitrogens with one attached hydrogen (secondary N) is 1. The van der Waals surface area contributed by atoms with Gasteiger partial charge in [-0.1, -0.05) is 5.21 Å². The summed E-state index contributed by atoms with van der Waals surface area (Å²) in [6.45, 7) is 0.507. The maximum atomic E-state index is 11.8. The van der Waals surface area contributed by atoms with Crippen LogP contribution in [-0.4, -0.2) is 43.1 Å². The molecule has 0 spiro atoms. The molecule has 2 N–H and O–H groups in total. The first kappa shape index (κ1) is 14.4. The number of carboxylic acid groups (broad SMARTS) is 1. The predicted molar refractivity (Wildman–Crippen MR) is 71.0 cm³/mol. The third-order valence-corrected chi connectivity index (χ3v) is 2.75. The fraction of sp³-hybridized carbons (Fsp3) is 0.250. The van der Waals surface area contributed by atoms with Crippen molar-refractivity contribution in [1.82, 2.24) is 24.9 Å². The molecule has 0 radical (unpaired) electrons. The van der Waals surface area contributed by atoms with Crippen LogP contribution in [0.3, 0.4) is 0 Å². The number of carboxylic acids is 1. The lowest BCUT2D eigenvalue weighted by Crippen LogP contribution is -2.29. The first-order valence-electron chi connectivity index (χ1n) is 6.05. The molecular formula is C12H13N5O4. The van der Waals surface area contributed by atoms with Gasteiger partial charge in [0.1, 0.15) is 0 Å². The molecule has 1 amide bonds. The van der Waals surface area contributed by atoms with Gasteiger partial charge in [-0.05, 0) is 6.07 Å². The molecule has 0 aliphatic rings. The molecule has 0 aliphatic carbocycles. The molecule has 2 heterocycles. The summed E-state index contributed by atoms with van der Waals surface area (Å²) in [6.07, 6.45) is 2.78. The number of carbonyl (C=O) groups is 2. The smallest absolute Gasteiger partial charge is 0.358 e. The Morgan fingerprint density at radius 1 is 1.43 bits per heavy atom. The standard InChI is InChI=1S/C12H13N5O4/c1-16-4-2-8(6-10(16)18)11(19)13-3-5-17-7-9(12(20)21)14-15-17/h2,4,6-7H,3,5H2,1H3,(H,13,19)(H,20,21). The van der Waals surface area contributed by atoms with E-state index in [-0.39, 0.29) is 35.8 Å². The van der Waals surface area contributed by atoms with Crippen LogP contribution in [-0.2, 0) is 13.6 Å². The van der Waals surface area contributed by atoms with Gasteiger partial charge < -0.3 is 15.0 Å². The maximum Gasteiger partial charge on any atom is 0.358 e. The van der Waals surface area contributed by atoms with Crippen molar-refractivity contribution in [1.29, 1.82) is 0 Å². The van der Waals surface area contributed by atoms with Crippen LogP contribution in [0.4, 0.5) is 0 Å². The number of carbonyl (C=O) groups excluding carboxylic acids is 1. The number of hydrogen-bond donors (Lipinski definition) is 2. The molecule has 2 aromatic heterocycles. The van der Waals surface area contributed by atoms with E-state index in [1.165, 1.54) is 33.8 Å². The van der Waals surface area contributed by atoms with Crippen molar-refractivity contribution in [3.05, 3.63) is 46.1 Å². The Hall–Kier alpha value is -2.97. The van der Waals surface area contributed by atoms with E-state index in [4.69, 9.17) is 5.11 Å². The van der Waals surface area contributed by atoms with Gasteiger partial charge in [-0.3, -0.25) is 9.59 Å². The molecule has 110 valence electrons. The number of aryl methyl sites for hydroxylation is 1. The van der Waals surface area contributed by atoms with Crippen molar-refractivity contribution in [2.45, 2.75) is 6.54 Å². The highest BCUT2D eigenvalue weighted by Gasteiger charge is 2.09. The van der Waals surface area contributed by atoms with Crippen LogP contribution in [0.1, 0.15) is 20.8 Å². The van der Waals surface area contributed by atoms with Gasteiger partial charge >= 0.3 is 5.97 Å². The molecule has 0 saturated carbocycles. The fourth-order valence-electron chi connectivity index (χ4n) is 1.58. The number of nitrogens with zero attached hydrogens (tertiary/aromatic N) is 4. The summed E-state index contributed by atoms with van der Waals surface area (Å²) < 4.78 is 2.67. The number of aromatic nitrogens is 4. The van der Waals surface area contributed by atoms with Gasteiger partial charge in [-0.25, -0.2) is 9.48 Å². The molecule has 2 rings (SSSR count). The Labute approximate surface area is 118 Å². The number of pyridine rings is 1. The fourth-order valence-corrected chi connectivity index (χ4v) is 1.58. The Morgan fingerprint density at radius 3 is 2.81 bits per heavy atom. The van der Waals surface area contributed by atoms with Crippen LogP contribution >= 0.6 is 0 Å². The zero-order chi connectivity index (χ0) is 15.4. The van der Waals surface area contributed by atoms with E-state index in [1.807, 2.05) is 0 Å². The van der Waals surface area contributed by atoms with Crippen LogP contribution in [0.25, 0.3) is 0 Å². The second-order valence-electron chi connectivity index (χ2n) is 4.29. The van der Waals surface area contributed by atoms with E-state index in [2.05, 4.69) is 15.6 Å². The van der Waals surface area contributed by atoms with Crippen LogP contribution < -0.4 is 10.9 Å². The highest BCUT2D eigenvalue weighted by molar-refractivity contribution is 5.93. The van der Waals surface area contributed by atoms with Crippen LogP contribution in [0.2, 0.25) is 0 Å². The molecular weight excluding hydrogens is 278 g/mol. The highest BCUT2D eigenvalue weighted by Crippen LogP contribution is 1.95. The van der Waals surface area contributed by atoms with Crippen LogP contribution in [0.5, 0.6) is 0 Å². The molecule has 21 heavy (non-hydrogen) atoms. The minimum Gasteiger partial charge on any atom is -0.476 e. The quantitative estimate of drug-likeness (QED) is 0.737. The zero-order valence-corrected chi connectivity index (χ0v) is 11.2. The Balaban J connectivity index is 1.90. The topological polar surface area (TPSA) is 119 Å². The molecule has 0 saturated heterocycles. The van der Waals surface area contributed by atoms with Crippen molar-refractivity contribution in [2.75, 3.05) is 6.54 Å². The van der Waals surface area contributed by atoms with E-state index in [0.29, 0.717) is 0 Å². The minimum absolute atomic E-state index is 0.159. The molecule has 9 nitrogen and oxygen atoms in total. The Bertz CT molecular complexity index is 733. The van der Waals surface area contributed by atoms with Gasteiger partial charge in [0.25, 0.3) is 11.5 Å². The Kier molecular flexibility index (Phi) is 4.12. The van der Waals surface area contributed by atoms with E-state index >= 15 is 0 Å². The minimum atomic E-state index is -1.16. The average Bonchev–Trinajstić information content (AvgIpc) is 2.91. The largest absolute Gasteiger partial charge is 0.476 e. The van der Waals surface area contributed by atoms with Gasteiger partial charge in [0, 0.05) is 31.4 Å². The number of rotatable bonds is 5. The van der Waals surface area contributed by atoms with Crippen molar-refractivity contribution < 1.29 is 14.7 Å². The summed E-state index contributed by atoms with van der Waals surface area (Å²) in [7, 11) is 1.59. The summed E-state index contributed by atoms with van der Waals surface area (Å²) in [5.74, 6) is -1.54. The van der Waals surface area contributed by atoms with E-state index in [1.54, 1.807) is 7.05 Å². The summed E-state index contributed by atoms with van der Waals surface area (Å²) in [5.41, 5.74) is -0.166. The summed E-state index contributed by atoms with van der Waals surface area (Å²) in [6, 6.07) is 2.78. The zero-order valence-electron chi connectivity index (χ0n) is 11.2. The second-order valence-corrected chi connectivity index (χ2v) is 4.29.